The van der Waals surface area contributed by atoms with Gasteiger partial charge in [-0.25, -0.2) is 0 Å². The lowest BCUT2D eigenvalue weighted by Crippen LogP contribution is -2.37. The number of anilines is 1. The van der Waals surface area contributed by atoms with Crippen LogP contribution in [-0.2, 0) is 0 Å². The number of hydrogen-bond acceptors (Lipinski definition) is 3. The van der Waals surface area contributed by atoms with Crippen LogP contribution in [0.1, 0.15) is 32.6 Å². The summed E-state index contributed by atoms with van der Waals surface area (Å²) in [4.78, 5) is 0. The average molecular weight is 284 g/mol. The molecule has 0 aromatic heterocycles. The summed E-state index contributed by atoms with van der Waals surface area (Å²) in [5, 5.41) is 6.91. The van der Waals surface area contributed by atoms with Gasteiger partial charge in [0.25, 0.3) is 0 Å². The second kappa shape index (κ2) is 7.43. The monoisotopic (exact) mass is 284 g/mol. The Balaban J connectivity index is 1.79. The summed E-state index contributed by atoms with van der Waals surface area (Å²) in [5.74, 6) is 0.187. The minimum Gasteiger partial charge on any atom is -0.435 e. The van der Waals surface area contributed by atoms with E-state index in [0.717, 1.165) is 18.7 Å². The van der Waals surface area contributed by atoms with E-state index >= 15 is 0 Å². The third-order valence-electron chi connectivity index (χ3n) is 3.54. The lowest BCUT2D eigenvalue weighted by atomic mass is 9.99. The quantitative estimate of drug-likeness (QED) is 0.837. The van der Waals surface area contributed by atoms with Crippen LogP contribution in [0.2, 0.25) is 0 Å². The summed E-state index contributed by atoms with van der Waals surface area (Å²) in [6.07, 6.45) is 4.86. The fourth-order valence-electron chi connectivity index (χ4n) is 2.63. The van der Waals surface area contributed by atoms with Crippen LogP contribution in [0.3, 0.4) is 0 Å². The van der Waals surface area contributed by atoms with Crippen molar-refractivity contribution in [3.63, 3.8) is 0 Å². The normalized spacial score (nSPS) is 20.7. The third kappa shape index (κ3) is 4.96. The molecule has 1 aliphatic heterocycles. The Morgan fingerprint density at radius 1 is 1.30 bits per heavy atom. The summed E-state index contributed by atoms with van der Waals surface area (Å²) in [6, 6.07) is 7.56. The fraction of sp³-hybridized carbons (Fsp3) is 0.600. The van der Waals surface area contributed by atoms with Gasteiger partial charge >= 0.3 is 6.61 Å². The Morgan fingerprint density at radius 2 is 2.05 bits per heavy atom. The van der Waals surface area contributed by atoms with E-state index in [-0.39, 0.29) is 5.75 Å². The van der Waals surface area contributed by atoms with Gasteiger partial charge in [0.1, 0.15) is 5.75 Å². The summed E-state index contributed by atoms with van der Waals surface area (Å²) in [5.41, 5.74) is 0.926. The van der Waals surface area contributed by atoms with Crippen LogP contribution in [0.15, 0.2) is 24.3 Å². The Kier molecular flexibility index (Phi) is 5.59. The molecule has 1 aromatic rings. The van der Waals surface area contributed by atoms with Gasteiger partial charge in [0, 0.05) is 17.8 Å². The zero-order chi connectivity index (χ0) is 14.4. The van der Waals surface area contributed by atoms with E-state index in [9.17, 15) is 8.78 Å². The van der Waals surface area contributed by atoms with Crippen molar-refractivity contribution in [1.29, 1.82) is 0 Å². The molecule has 2 unspecified atom stereocenters. The second-order valence-electron chi connectivity index (χ2n) is 5.33. The Bertz CT molecular complexity index is 391. The molecule has 3 nitrogen and oxygen atoms in total. The highest BCUT2D eigenvalue weighted by Crippen LogP contribution is 2.20. The number of nitrogens with one attached hydrogen (secondary N) is 2. The molecule has 1 saturated heterocycles. The van der Waals surface area contributed by atoms with Crippen molar-refractivity contribution in [3.8, 4) is 5.75 Å². The lowest BCUT2D eigenvalue weighted by molar-refractivity contribution is -0.0498. The van der Waals surface area contributed by atoms with Gasteiger partial charge in [-0.1, -0.05) is 6.42 Å². The summed E-state index contributed by atoms with van der Waals surface area (Å²) in [6.45, 7) is 0.474. The van der Waals surface area contributed by atoms with Crippen LogP contribution < -0.4 is 15.4 Å². The van der Waals surface area contributed by atoms with Crippen molar-refractivity contribution >= 4 is 5.69 Å². The zero-order valence-corrected chi connectivity index (χ0v) is 11.7. The molecule has 20 heavy (non-hydrogen) atoms. The number of rotatable bonds is 6. The maximum Gasteiger partial charge on any atom is 0.387 e. The molecular weight excluding hydrogens is 262 g/mol. The summed E-state index contributed by atoms with van der Waals surface area (Å²) < 4.78 is 28.4. The second-order valence-corrected chi connectivity index (χ2v) is 5.33. The molecule has 1 heterocycles. The Labute approximate surface area is 118 Å². The van der Waals surface area contributed by atoms with E-state index in [1.807, 2.05) is 0 Å². The number of piperidine rings is 1. The zero-order valence-electron chi connectivity index (χ0n) is 11.7. The first-order valence-electron chi connectivity index (χ1n) is 7.18. The molecule has 0 amide bonds. The van der Waals surface area contributed by atoms with E-state index in [0.29, 0.717) is 12.1 Å². The van der Waals surface area contributed by atoms with Gasteiger partial charge in [-0.2, -0.15) is 8.78 Å². The fourth-order valence-corrected chi connectivity index (χ4v) is 2.63. The number of ether oxygens (including phenoxy) is 1. The average Bonchev–Trinajstić information content (AvgIpc) is 2.41. The van der Waals surface area contributed by atoms with Crippen LogP contribution in [0.25, 0.3) is 0 Å². The van der Waals surface area contributed by atoms with Gasteiger partial charge in [-0.3, -0.25) is 0 Å². The molecule has 1 fully saturated rings. The van der Waals surface area contributed by atoms with E-state index in [1.54, 1.807) is 24.3 Å². The van der Waals surface area contributed by atoms with Crippen molar-refractivity contribution in [2.24, 2.45) is 0 Å². The maximum absolute atomic E-state index is 12.0. The van der Waals surface area contributed by atoms with E-state index < -0.39 is 6.61 Å². The molecule has 2 atom stereocenters. The standard InChI is InChI=1S/C15H22F2N2O/c1-11(10-13-4-2-3-9-18-13)19-12-5-7-14(8-6-12)20-15(16)17/h5-8,11,13,15,18-19H,2-4,9-10H2,1H3. The van der Waals surface area contributed by atoms with Crippen molar-refractivity contribution < 1.29 is 13.5 Å². The van der Waals surface area contributed by atoms with E-state index in [1.165, 1.54) is 19.3 Å². The highest BCUT2D eigenvalue weighted by atomic mass is 19.3. The number of hydrogen-bond donors (Lipinski definition) is 2. The molecule has 0 aliphatic carbocycles. The first kappa shape index (κ1) is 15.0. The first-order chi connectivity index (χ1) is 9.63. The van der Waals surface area contributed by atoms with Gasteiger partial charge in [0.05, 0.1) is 0 Å². The predicted octanol–water partition coefficient (Wildman–Crippen LogP) is 3.62. The molecule has 112 valence electrons. The molecule has 0 bridgehead atoms. The van der Waals surface area contributed by atoms with Gasteiger partial charge in [0.2, 0.25) is 0 Å². The van der Waals surface area contributed by atoms with Crippen LogP contribution in [0, 0.1) is 0 Å². The van der Waals surface area contributed by atoms with Crippen molar-refractivity contribution in [3.05, 3.63) is 24.3 Å². The molecule has 0 spiro atoms. The molecule has 1 aliphatic rings. The number of halogens is 2. The van der Waals surface area contributed by atoms with Crippen LogP contribution in [0.4, 0.5) is 14.5 Å². The minimum absolute atomic E-state index is 0.187. The maximum atomic E-state index is 12.0. The van der Waals surface area contributed by atoms with Crippen LogP contribution >= 0.6 is 0 Å². The van der Waals surface area contributed by atoms with Gasteiger partial charge in [-0.05, 0) is 57.0 Å². The first-order valence-corrected chi connectivity index (χ1v) is 7.18. The molecule has 2 rings (SSSR count). The lowest BCUT2D eigenvalue weighted by Gasteiger charge is -2.27. The van der Waals surface area contributed by atoms with Gasteiger partial charge in [-0.15, -0.1) is 0 Å². The van der Waals surface area contributed by atoms with Crippen molar-refractivity contribution in [2.75, 3.05) is 11.9 Å². The van der Waals surface area contributed by atoms with Crippen LogP contribution in [0.5, 0.6) is 5.75 Å². The topological polar surface area (TPSA) is 33.3 Å². The highest BCUT2D eigenvalue weighted by molar-refractivity contribution is 5.47. The minimum atomic E-state index is -2.77. The predicted molar refractivity (Wildman–Crippen MR) is 76.4 cm³/mol. The molecule has 0 saturated carbocycles. The number of benzene rings is 1. The van der Waals surface area contributed by atoms with Crippen molar-refractivity contribution in [2.45, 2.75) is 51.3 Å². The van der Waals surface area contributed by atoms with Crippen molar-refractivity contribution in [1.82, 2.24) is 5.32 Å². The molecular formula is C15H22F2N2O. The highest BCUT2D eigenvalue weighted by Gasteiger charge is 2.15. The summed E-state index contributed by atoms with van der Waals surface area (Å²) >= 11 is 0. The number of alkyl halides is 2. The van der Waals surface area contributed by atoms with Gasteiger partial charge < -0.3 is 15.4 Å². The molecule has 0 radical (unpaired) electrons. The molecule has 2 N–H and O–H groups in total. The Hall–Kier alpha value is -1.36. The molecule has 5 heteroatoms. The molecule has 1 aromatic carbocycles. The SMILES string of the molecule is CC(CC1CCCCN1)Nc1ccc(OC(F)F)cc1. The third-order valence-corrected chi connectivity index (χ3v) is 3.54. The smallest absolute Gasteiger partial charge is 0.387 e. The van der Waals surface area contributed by atoms with E-state index in [2.05, 4.69) is 22.3 Å². The summed E-state index contributed by atoms with van der Waals surface area (Å²) in [7, 11) is 0. The van der Waals surface area contributed by atoms with Gasteiger partial charge in [0.15, 0.2) is 0 Å². The van der Waals surface area contributed by atoms with E-state index in [4.69, 9.17) is 0 Å². The van der Waals surface area contributed by atoms with Crippen LogP contribution in [-0.4, -0.2) is 25.2 Å². The Morgan fingerprint density at radius 3 is 2.65 bits per heavy atom. The largest absolute Gasteiger partial charge is 0.435 e.